The van der Waals surface area contributed by atoms with E-state index in [1.165, 1.54) is 0 Å². The first-order chi connectivity index (χ1) is 58.5. The molecule has 0 saturated carbocycles. The molecule has 558 valence electrons. The number of hydrogen-bond donors (Lipinski definition) is 0. The van der Waals surface area contributed by atoms with Crippen LogP contribution in [0.15, 0.2) is 512 Å². The fourth-order valence-corrected chi connectivity index (χ4v) is 25.7. The highest BCUT2D eigenvalue weighted by Gasteiger charge is 2.41. The molecule has 0 aliphatic carbocycles. The standard InChI is InChI=1S/C112H78N4S2/c1-8-34-79(35-9-1)86-48-28-54-94(68-86)117(95-55-29-49-87(69-95)80-36-10-2-11-37-80,96-56-30-50-88(70-96)81-38-12-3-13-39-81)100-74-93(112-113-110(115-106-63-25-22-60-102(106)103-61-23-26-64-107(103)115)78-111(114-112)116-108-65-27-24-62-104(108)105-76-92(66-67-109(105)116)85-46-20-7-21-47-85)75-101(77-100)118(97-57-31-51-89(71-97)82-40-14-4-15-41-82,98-58-32-52-90(72-98)83-42-16-5-17-43-83)99-59-33-53-91(73-99)84-44-18-6-19-45-84/h1-78H. The first kappa shape index (κ1) is 71.1. The molecule has 18 aromatic carbocycles. The van der Waals surface area contributed by atoms with Gasteiger partial charge in [0.25, 0.3) is 0 Å². The van der Waals surface area contributed by atoms with Crippen molar-refractivity contribution in [2.24, 2.45) is 0 Å². The molecule has 6 heteroatoms. The van der Waals surface area contributed by atoms with E-state index in [0.29, 0.717) is 5.82 Å². The third kappa shape index (κ3) is 12.7. The number of para-hydroxylation sites is 3. The highest BCUT2D eigenvalue weighted by atomic mass is 32.3. The van der Waals surface area contributed by atoms with Crippen molar-refractivity contribution in [3.8, 4) is 101 Å². The molecule has 21 rings (SSSR count). The molecular weight excluding hydrogens is 1470 g/mol. The summed E-state index contributed by atoms with van der Waals surface area (Å²) >= 11 is 0. The minimum atomic E-state index is -2.82. The van der Waals surface area contributed by atoms with Crippen LogP contribution in [-0.4, -0.2) is 19.1 Å². The summed E-state index contributed by atoms with van der Waals surface area (Å²) in [6.07, 6.45) is 0. The molecule has 3 aromatic heterocycles. The van der Waals surface area contributed by atoms with E-state index in [4.69, 9.17) is 9.97 Å². The Kier molecular flexibility index (Phi) is 18.4. The molecule has 0 saturated heterocycles. The summed E-state index contributed by atoms with van der Waals surface area (Å²) < 4.78 is 4.76. The Morgan fingerprint density at radius 1 is 0.144 bits per heavy atom. The minimum absolute atomic E-state index is 0.564. The monoisotopic (exact) mass is 1540 g/mol. The first-order valence-corrected chi connectivity index (χ1v) is 43.5. The number of aromatic nitrogens is 4. The summed E-state index contributed by atoms with van der Waals surface area (Å²) in [5.74, 6) is 2.03. The van der Waals surface area contributed by atoms with Crippen LogP contribution in [0, 0.1) is 0 Å². The molecule has 0 radical (unpaired) electrons. The Morgan fingerprint density at radius 2 is 0.364 bits per heavy atom. The van der Waals surface area contributed by atoms with Crippen molar-refractivity contribution in [2.75, 3.05) is 0 Å². The van der Waals surface area contributed by atoms with Gasteiger partial charge in [-0.1, -0.05) is 346 Å². The molecule has 0 N–H and O–H groups in total. The lowest BCUT2D eigenvalue weighted by Gasteiger charge is -2.46. The zero-order valence-electron chi connectivity index (χ0n) is 64.6. The highest BCUT2D eigenvalue weighted by molar-refractivity contribution is 8.34. The fourth-order valence-electron chi connectivity index (χ4n) is 17.6. The Bertz CT molecular complexity index is 6560. The van der Waals surface area contributed by atoms with Crippen LogP contribution in [0.25, 0.3) is 145 Å². The van der Waals surface area contributed by atoms with Crippen molar-refractivity contribution in [3.63, 3.8) is 0 Å². The number of rotatable bonds is 18. The fraction of sp³-hybridized carbons (Fsp3) is 0. The predicted octanol–water partition coefficient (Wildman–Crippen LogP) is 30.7. The van der Waals surface area contributed by atoms with E-state index in [0.717, 1.165) is 178 Å². The predicted molar refractivity (Wildman–Crippen MR) is 494 cm³/mol. The van der Waals surface area contributed by atoms with E-state index in [1.54, 1.807) is 0 Å². The van der Waals surface area contributed by atoms with Gasteiger partial charge < -0.3 is 0 Å². The van der Waals surface area contributed by atoms with Gasteiger partial charge in [0, 0.05) is 72.3 Å². The normalized spacial score (nSPS) is 12.0. The second-order valence-corrected chi connectivity index (χ2v) is 36.2. The van der Waals surface area contributed by atoms with Gasteiger partial charge in [-0.05, 0) is 199 Å². The molecule has 21 aromatic rings. The maximum Gasteiger partial charge on any atom is 0.163 e. The first-order valence-electron chi connectivity index (χ1n) is 40.2. The Labute approximate surface area is 690 Å². The van der Waals surface area contributed by atoms with Gasteiger partial charge in [-0.2, -0.15) is 0 Å². The SMILES string of the molecule is c1ccc(-c2cccc(S(c3cccc(-c4ccccc4)c3)(c3cccc(-c4ccccc4)c3)c3cc(-c4nc(-n5c6ccccc6c6ccccc65)cc(-n5c6ccccc6c6cc(-c7ccccc7)ccc65)n4)cc(S(c4cccc(-c5ccccc5)c4)(c4cccc(-c5ccccc5)c4)c4cccc(-c5ccccc5)c4)c3)c2)cc1. The second kappa shape index (κ2) is 30.6. The quantitative estimate of drug-likeness (QED) is 0.0858. The molecule has 0 atom stereocenters. The average Bonchev–Trinajstić information content (AvgIpc) is 0.906. The van der Waals surface area contributed by atoms with Crippen molar-refractivity contribution in [1.29, 1.82) is 0 Å². The number of nitrogens with zero attached hydrogens (tertiary/aromatic N) is 4. The van der Waals surface area contributed by atoms with Crippen LogP contribution in [0.1, 0.15) is 0 Å². The van der Waals surface area contributed by atoms with Crippen molar-refractivity contribution in [1.82, 2.24) is 19.1 Å². The molecule has 0 fully saturated rings. The summed E-state index contributed by atoms with van der Waals surface area (Å²) in [5.41, 5.74) is 20.8. The molecule has 0 bridgehead atoms. The molecule has 0 aliphatic heterocycles. The van der Waals surface area contributed by atoms with E-state index < -0.39 is 20.1 Å². The van der Waals surface area contributed by atoms with Gasteiger partial charge in [0.05, 0.1) is 22.1 Å². The van der Waals surface area contributed by atoms with Gasteiger partial charge in [-0.3, -0.25) is 9.13 Å². The number of hydrogen-bond acceptors (Lipinski definition) is 2. The maximum absolute atomic E-state index is 6.26. The summed E-state index contributed by atoms with van der Waals surface area (Å²) in [4.78, 5) is 21.7. The molecule has 118 heavy (non-hydrogen) atoms. The van der Waals surface area contributed by atoms with Crippen molar-refractivity contribution >= 4 is 63.7 Å². The second-order valence-electron chi connectivity index (χ2n) is 30.0. The van der Waals surface area contributed by atoms with Crippen LogP contribution in [0.5, 0.6) is 0 Å². The van der Waals surface area contributed by atoms with E-state index in [9.17, 15) is 0 Å². The van der Waals surface area contributed by atoms with Crippen molar-refractivity contribution in [2.45, 2.75) is 39.2 Å². The highest BCUT2D eigenvalue weighted by Crippen LogP contribution is 2.79. The van der Waals surface area contributed by atoms with E-state index >= 15 is 0 Å². The third-order valence-electron chi connectivity index (χ3n) is 23.1. The lowest BCUT2D eigenvalue weighted by atomic mass is 10.0. The Morgan fingerprint density at radius 3 is 0.644 bits per heavy atom. The topological polar surface area (TPSA) is 35.6 Å². The number of fused-ring (bicyclic) bond motifs is 6. The molecule has 0 spiro atoms. The molecule has 0 aliphatic rings. The Hall–Kier alpha value is -14.7. The van der Waals surface area contributed by atoms with Gasteiger partial charge in [0.2, 0.25) is 0 Å². The molecule has 0 amide bonds. The van der Waals surface area contributed by atoms with Gasteiger partial charge >= 0.3 is 0 Å². The lowest BCUT2D eigenvalue weighted by molar-refractivity contribution is 0.992. The zero-order chi connectivity index (χ0) is 78.4. The largest absolute Gasteiger partial charge is 0.294 e. The van der Waals surface area contributed by atoms with Crippen LogP contribution >= 0.6 is 20.1 Å². The van der Waals surface area contributed by atoms with Gasteiger partial charge in [0.1, 0.15) is 11.6 Å². The van der Waals surface area contributed by atoms with E-state index in [-0.39, 0.29) is 0 Å². The maximum atomic E-state index is 6.26. The molecular formula is C112H78N4S2. The van der Waals surface area contributed by atoms with Crippen LogP contribution in [0.4, 0.5) is 0 Å². The van der Waals surface area contributed by atoms with E-state index in [1.807, 2.05) is 0 Å². The minimum Gasteiger partial charge on any atom is -0.294 e. The van der Waals surface area contributed by atoms with Gasteiger partial charge in [0.15, 0.2) is 5.82 Å². The molecule has 3 heterocycles. The van der Waals surface area contributed by atoms with Crippen LogP contribution in [0.3, 0.4) is 0 Å². The van der Waals surface area contributed by atoms with Gasteiger partial charge in [-0.15, -0.1) is 20.1 Å². The third-order valence-corrected chi connectivity index (χ3v) is 30.8. The van der Waals surface area contributed by atoms with Crippen LogP contribution in [0.2, 0.25) is 0 Å². The summed E-state index contributed by atoms with van der Waals surface area (Å²) in [7, 11) is -5.64. The summed E-state index contributed by atoms with van der Waals surface area (Å²) in [5, 5.41) is 4.53. The smallest absolute Gasteiger partial charge is 0.163 e. The zero-order valence-corrected chi connectivity index (χ0v) is 66.3. The molecule has 4 nitrogen and oxygen atoms in total. The Balaban J connectivity index is 0.973. The van der Waals surface area contributed by atoms with Crippen LogP contribution in [-0.2, 0) is 0 Å². The van der Waals surface area contributed by atoms with Crippen LogP contribution < -0.4 is 0 Å². The summed E-state index contributed by atoms with van der Waals surface area (Å²) in [6.45, 7) is 0. The van der Waals surface area contributed by atoms with E-state index in [2.05, 4.69) is 482 Å². The summed E-state index contributed by atoms with van der Waals surface area (Å²) in [6, 6.07) is 176. The van der Waals surface area contributed by atoms with Crippen molar-refractivity contribution in [3.05, 3.63) is 473 Å². The lowest BCUT2D eigenvalue weighted by Crippen LogP contribution is -2.11. The van der Waals surface area contributed by atoms with Gasteiger partial charge in [-0.25, -0.2) is 9.97 Å². The van der Waals surface area contributed by atoms with Crippen molar-refractivity contribution < 1.29 is 0 Å². The number of benzene rings is 18. The average molecular weight is 1540 g/mol. The molecule has 0 unspecified atom stereocenters.